The molecule has 0 saturated heterocycles. The SMILES string of the molecule is N#Cc1cc(CC2CCCCC2)nc(C(=O)CCC(=O)O)c1O. The molecule has 1 saturated carbocycles. The molecule has 0 aliphatic heterocycles. The van der Waals surface area contributed by atoms with Crippen molar-refractivity contribution in [3.8, 4) is 11.8 Å². The van der Waals surface area contributed by atoms with Gasteiger partial charge in [-0.1, -0.05) is 32.1 Å². The molecule has 1 aliphatic rings. The Morgan fingerprint density at radius 1 is 1.26 bits per heavy atom. The molecule has 1 aliphatic carbocycles. The molecule has 6 nitrogen and oxygen atoms in total. The second-order valence-electron chi connectivity index (χ2n) is 6.00. The maximum absolute atomic E-state index is 12.1. The van der Waals surface area contributed by atoms with Crippen LogP contribution in [0.4, 0.5) is 0 Å². The lowest BCUT2D eigenvalue weighted by Gasteiger charge is -2.21. The number of nitrogens with zero attached hydrogens (tertiary/aromatic N) is 2. The number of Topliss-reactive ketones (excluding diaryl/α,β-unsaturated/α-hetero) is 1. The zero-order chi connectivity index (χ0) is 16.8. The number of aliphatic carboxylic acids is 1. The average Bonchev–Trinajstić information content (AvgIpc) is 2.55. The van der Waals surface area contributed by atoms with Crippen molar-refractivity contribution < 1.29 is 19.8 Å². The summed E-state index contributed by atoms with van der Waals surface area (Å²) in [6.07, 6.45) is 5.91. The first-order valence-corrected chi connectivity index (χ1v) is 7.89. The number of carbonyl (C=O) groups is 2. The fourth-order valence-electron chi connectivity index (χ4n) is 3.00. The van der Waals surface area contributed by atoms with E-state index in [4.69, 9.17) is 10.4 Å². The summed E-state index contributed by atoms with van der Waals surface area (Å²) in [5.74, 6) is -1.60. The van der Waals surface area contributed by atoms with Gasteiger partial charge in [0.05, 0.1) is 12.0 Å². The van der Waals surface area contributed by atoms with Crippen molar-refractivity contribution >= 4 is 11.8 Å². The van der Waals surface area contributed by atoms with Crippen LogP contribution in [0.2, 0.25) is 0 Å². The molecule has 1 heterocycles. The Labute approximate surface area is 134 Å². The fraction of sp³-hybridized carbons (Fsp3) is 0.529. The van der Waals surface area contributed by atoms with E-state index in [1.807, 2.05) is 6.07 Å². The highest BCUT2D eigenvalue weighted by molar-refractivity contribution is 5.98. The van der Waals surface area contributed by atoms with Crippen LogP contribution in [0, 0.1) is 17.2 Å². The smallest absolute Gasteiger partial charge is 0.303 e. The molecular weight excluding hydrogens is 296 g/mol. The van der Waals surface area contributed by atoms with Crippen molar-refractivity contribution in [3.05, 3.63) is 23.0 Å². The highest BCUT2D eigenvalue weighted by Gasteiger charge is 2.21. The topological polar surface area (TPSA) is 111 Å². The first-order valence-electron chi connectivity index (χ1n) is 7.89. The van der Waals surface area contributed by atoms with Gasteiger partial charge < -0.3 is 10.2 Å². The highest BCUT2D eigenvalue weighted by atomic mass is 16.4. The lowest BCUT2D eigenvalue weighted by atomic mass is 9.86. The molecular formula is C17H20N2O4. The first kappa shape index (κ1) is 16.9. The monoisotopic (exact) mass is 316 g/mol. The third kappa shape index (κ3) is 4.52. The number of aromatic hydroxyl groups is 1. The van der Waals surface area contributed by atoms with Crippen molar-refractivity contribution in [1.82, 2.24) is 4.98 Å². The van der Waals surface area contributed by atoms with Gasteiger partial charge in [-0.15, -0.1) is 0 Å². The number of carbonyl (C=O) groups excluding carboxylic acids is 1. The van der Waals surface area contributed by atoms with Crippen molar-refractivity contribution in [2.75, 3.05) is 0 Å². The van der Waals surface area contributed by atoms with E-state index in [0.29, 0.717) is 18.0 Å². The van der Waals surface area contributed by atoms with Gasteiger partial charge in [-0.25, -0.2) is 4.98 Å². The summed E-state index contributed by atoms with van der Waals surface area (Å²) in [6.45, 7) is 0. The maximum atomic E-state index is 12.1. The van der Waals surface area contributed by atoms with E-state index in [1.54, 1.807) is 0 Å². The van der Waals surface area contributed by atoms with E-state index in [0.717, 1.165) is 12.8 Å². The van der Waals surface area contributed by atoms with Crippen LogP contribution in [0.5, 0.6) is 5.75 Å². The number of rotatable bonds is 6. The summed E-state index contributed by atoms with van der Waals surface area (Å²) in [6, 6.07) is 3.40. The normalized spacial score (nSPS) is 15.1. The minimum atomic E-state index is -1.09. The summed E-state index contributed by atoms with van der Waals surface area (Å²) in [4.78, 5) is 26.9. The van der Waals surface area contributed by atoms with Gasteiger partial charge in [-0.05, 0) is 18.4 Å². The van der Waals surface area contributed by atoms with Gasteiger partial charge >= 0.3 is 5.97 Å². The Hall–Kier alpha value is -2.42. The minimum Gasteiger partial charge on any atom is -0.504 e. The van der Waals surface area contributed by atoms with E-state index in [9.17, 15) is 14.7 Å². The van der Waals surface area contributed by atoms with Crippen LogP contribution in [-0.4, -0.2) is 26.9 Å². The predicted molar refractivity (Wildman–Crippen MR) is 82.1 cm³/mol. The number of aromatic nitrogens is 1. The van der Waals surface area contributed by atoms with Crippen LogP contribution in [0.15, 0.2) is 6.07 Å². The summed E-state index contributed by atoms with van der Waals surface area (Å²) >= 11 is 0. The van der Waals surface area contributed by atoms with E-state index in [2.05, 4.69) is 4.98 Å². The fourth-order valence-corrected chi connectivity index (χ4v) is 3.00. The molecule has 0 amide bonds. The summed E-state index contributed by atoms with van der Waals surface area (Å²) in [7, 11) is 0. The van der Waals surface area contributed by atoms with Crippen molar-refractivity contribution in [2.45, 2.75) is 51.4 Å². The average molecular weight is 316 g/mol. The van der Waals surface area contributed by atoms with Crippen LogP contribution in [0.1, 0.15) is 66.7 Å². The van der Waals surface area contributed by atoms with Gasteiger partial charge in [0, 0.05) is 12.1 Å². The Morgan fingerprint density at radius 2 is 1.96 bits per heavy atom. The number of carboxylic acids is 1. The van der Waals surface area contributed by atoms with E-state index in [-0.39, 0.29) is 24.1 Å². The van der Waals surface area contributed by atoms with Gasteiger partial charge in [0.25, 0.3) is 0 Å². The molecule has 1 aromatic heterocycles. The third-order valence-electron chi connectivity index (χ3n) is 4.22. The van der Waals surface area contributed by atoms with Crippen LogP contribution >= 0.6 is 0 Å². The van der Waals surface area contributed by atoms with Crippen molar-refractivity contribution in [3.63, 3.8) is 0 Å². The number of carboxylic acid groups (broad SMARTS) is 1. The molecule has 6 heteroatoms. The Morgan fingerprint density at radius 3 is 2.57 bits per heavy atom. The number of ketones is 1. The zero-order valence-corrected chi connectivity index (χ0v) is 12.9. The summed E-state index contributed by atoms with van der Waals surface area (Å²) in [5.41, 5.74) is 0.450. The number of pyridine rings is 1. The lowest BCUT2D eigenvalue weighted by molar-refractivity contribution is -0.136. The van der Waals surface area contributed by atoms with E-state index < -0.39 is 17.5 Å². The minimum absolute atomic E-state index is 0.0180. The van der Waals surface area contributed by atoms with Gasteiger partial charge in [0.2, 0.25) is 0 Å². The highest BCUT2D eigenvalue weighted by Crippen LogP contribution is 2.29. The van der Waals surface area contributed by atoms with Crippen LogP contribution in [0.3, 0.4) is 0 Å². The largest absolute Gasteiger partial charge is 0.504 e. The quantitative estimate of drug-likeness (QED) is 0.781. The van der Waals surface area contributed by atoms with Gasteiger partial charge in [0.15, 0.2) is 11.5 Å². The molecule has 0 spiro atoms. The maximum Gasteiger partial charge on any atom is 0.303 e. The first-order chi connectivity index (χ1) is 11.0. The lowest BCUT2D eigenvalue weighted by Crippen LogP contribution is -2.13. The molecule has 0 radical (unpaired) electrons. The summed E-state index contributed by atoms with van der Waals surface area (Å²) in [5, 5.41) is 27.8. The van der Waals surface area contributed by atoms with Gasteiger partial charge in [0.1, 0.15) is 11.8 Å². The molecule has 0 bridgehead atoms. The molecule has 1 aromatic rings. The molecule has 0 unspecified atom stereocenters. The third-order valence-corrected chi connectivity index (χ3v) is 4.22. The van der Waals surface area contributed by atoms with Crippen molar-refractivity contribution in [2.24, 2.45) is 5.92 Å². The molecule has 0 aromatic carbocycles. The van der Waals surface area contributed by atoms with Crippen LogP contribution < -0.4 is 0 Å². The zero-order valence-electron chi connectivity index (χ0n) is 12.9. The predicted octanol–water partition coefficient (Wildman–Crippen LogP) is 2.83. The Bertz CT molecular complexity index is 643. The van der Waals surface area contributed by atoms with Gasteiger partial charge in [-0.2, -0.15) is 5.26 Å². The molecule has 122 valence electrons. The Kier molecular flexibility index (Phi) is 5.69. The second-order valence-corrected chi connectivity index (χ2v) is 6.00. The van der Waals surface area contributed by atoms with Crippen LogP contribution in [0.25, 0.3) is 0 Å². The van der Waals surface area contributed by atoms with E-state index >= 15 is 0 Å². The number of nitriles is 1. The second kappa shape index (κ2) is 7.73. The Balaban J connectivity index is 2.23. The molecule has 0 atom stereocenters. The molecule has 2 rings (SSSR count). The van der Waals surface area contributed by atoms with Gasteiger partial charge in [-0.3, -0.25) is 9.59 Å². The van der Waals surface area contributed by atoms with Crippen LogP contribution in [-0.2, 0) is 11.2 Å². The number of hydrogen-bond acceptors (Lipinski definition) is 5. The summed E-state index contributed by atoms with van der Waals surface area (Å²) < 4.78 is 0. The molecule has 2 N–H and O–H groups in total. The number of hydrogen-bond donors (Lipinski definition) is 2. The molecule has 23 heavy (non-hydrogen) atoms. The molecule has 1 fully saturated rings. The van der Waals surface area contributed by atoms with Crippen molar-refractivity contribution in [1.29, 1.82) is 5.26 Å². The standard InChI is InChI=1S/C17H20N2O4/c18-10-12-9-13(8-11-4-2-1-3-5-11)19-16(17(12)23)14(20)6-7-15(21)22/h9,11,23H,1-8H2,(H,21,22). The van der Waals surface area contributed by atoms with E-state index in [1.165, 1.54) is 25.3 Å².